The van der Waals surface area contributed by atoms with Crippen LogP contribution in [0.4, 0.5) is 22.7 Å². The summed E-state index contributed by atoms with van der Waals surface area (Å²) in [6, 6.07) is 13.5. The Kier molecular flexibility index (Phi) is 9.04. The third-order valence-electron chi connectivity index (χ3n) is 5.15. The average molecular weight is 550 g/mol. The maximum atomic E-state index is 12.2. The maximum absolute atomic E-state index is 12.2. The number of amides is 3. The van der Waals surface area contributed by atoms with Crippen molar-refractivity contribution in [3.8, 4) is 17.2 Å². The Morgan fingerprint density at radius 2 is 1.40 bits per heavy atom. The van der Waals surface area contributed by atoms with Gasteiger partial charge in [-0.05, 0) is 55.5 Å². The van der Waals surface area contributed by atoms with Crippen molar-refractivity contribution in [1.29, 1.82) is 0 Å². The molecule has 206 valence electrons. The van der Waals surface area contributed by atoms with E-state index in [-0.39, 0.29) is 28.9 Å². The number of anilines is 2. The Hall–Kier alpha value is -5.86. The topological polar surface area (TPSA) is 204 Å². The number of ether oxygens (including phenoxy) is 2. The number of non-ortho nitro benzene ring substituents is 1. The van der Waals surface area contributed by atoms with E-state index in [0.717, 1.165) is 18.2 Å². The van der Waals surface area contributed by atoms with Crippen molar-refractivity contribution >= 4 is 46.2 Å². The number of hydrazone groups is 1. The molecule has 0 unspecified atom stereocenters. The highest BCUT2D eigenvalue weighted by Crippen LogP contribution is 2.38. The standard InChI is InChI=1S/C25H22N6O9/c1-14(28-29-25(34)24(33)27-18-7-5-17(6-8-18)26-15(2)32)16-4-10-22(23(12-16)39-3)40-21-11-9-19(30(35)36)13-20(21)31(37)38/h4-13H,1-3H3,(H,26,32)(H,27,33)(H,29,34)/b28-14+. The zero-order chi connectivity index (χ0) is 29.4. The summed E-state index contributed by atoms with van der Waals surface area (Å²) in [5, 5.41) is 31.2. The highest BCUT2D eigenvalue weighted by atomic mass is 16.6. The first-order valence-corrected chi connectivity index (χ1v) is 11.3. The van der Waals surface area contributed by atoms with E-state index in [1.807, 2.05) is 0 Å². The molecule has 0 aliphatic carbocycles. The number of nitro groups is 2. The van der Waals surface area contributed by atoms with Gasteiger partial charge in [-0.3, -0.25) is 34.6 Å². The van der Waals surface area contributed by atoms with Gasteiger partial charge in [0.1, 0.15) is 0 Å². The lowest BCUT2D eigenvalue weighted by Crippen LogP contribution is -2.32. The number of benzene rings is 3. The van der Waals surface area contributed by atoms with Crippen LogP contribution >= 0.6 is 0 Å². The van der Waals surface area contributed by atoms with Gasteiger partial charge in [0, 0.05) is 29.9 Å². The minimum atomic E-state index is -1.04. The summed E-state index contributed by atoms with van der Waals surface area (Å²) in [4.78, 5) is 56.3. The second-order valence-corrected chi connectivity index (χ2v) is 7.98. The van der Waals surface area contributed by atoms with Crippen LogP contribution < -0.4 is 25.5 Å². The number of carbonyl (C=O) groups is 3. The molecule has 3 N–H and O–H groups in total. The Balaban J connectivity index is 1.70. The van der Waals surface area contributed by atoms with Crippen LogP contribution in [0, 0.1) is 20.2 Å². The van der Waals surface area contributed by atoms with Crippen LogP contribution in [0.2, 0.25) is 0 Å². The summed E-state index contributed by atoms with van der Waals surface area (Å²) in [5.74, 6) is -2.29. The lowest BCUT2D eigenvalue weighted by atomic mass is 10.1. The molecule has 0 atom stereocenters. The van der Waals surface area contributed by atoms with Gasteiger partial charge in [-0.25, -0.2) is 5.43 Å². The Labute approximate surface area is 226 Å². The molecule has 40 heavy (non-hydrogen) atoms. The van der Waals surface area contributed by atoms with E-state index in [1.165, 1.54) is 44.4 Å². The fraction of sp³-hybridized carbons (Fsp3) is 0.120. The molecule has 15 heteroatoms. The molecule has 0 spiro atoms. The monoisotopic (exact) mass is 550 g/mol. The van der Waals surface area contributed by atoms with Crippen LogP contribution in [0.15, 0.2) is 65.8 Å². The Morgan fingerprint density at radius 3 is 1.98 bits per heavy atom. The molecule has 0 aliphatic heterocycles. The lowest BCUT2D eigenvalue weighted by molar-refractivity contribution is -0.394. The van der Waals surface area contributed by atoms with E-state index >= 15 is 0 Å². The molecule has 0 fully saturated rings. The summed E-state index contributed by atoms with van der Waals surface area (Å²) >= 11 is 0. The summed E-state index contributed by atoms with van der Waals surface area (Å²) in [7, 11) is 1.33. The highest BCUT2D eigenvalue weighted by Gasteiger charge is 2.22. The Morgan fingerprint density at radius 1 is 0.775 bits per heavy atom. The predicted molar refractivity (Wildman–Crippen MR) is 143 cm³/mol. The highest BCUT2D eigenvalue weighted by molar-refractivity contribution is 6.39. The number of carbonyl (C=O) groups excluding carboxylic acids is 3. The van der Waals surface area contributed by atoms with Gasteiger partial charge in [-0.15, -0.1) is 0 Å². The van der Waals surface area contributed by atoms with E-state index in [0.29, 0.717) is 16.9 Å². The van der Waals surface area contributed by atoms with Crippen LogP contribution in [-0.4, -0.2) is 40.4 Å². The number of rotatable bonds is 9. The van der Waals surface area contributed by atoms with Crippen LogP contribution in [0.5, 0.6) is 17.2 Å². The first kappa shape index (κ1) is 28.7. The first-order valence-electron chi connectivity index (χ1n) is 11.3. The normalized spacial score (nSPS) is 10.7. The van der Waals surface area contributed by atoms with Crippen molar-refractivity contribution in [2.45, 2.75) is 13.8 Å². The molecule has 15 nitrogen and oxygen atoms in total. The SMILES string of the molecule is COc1cc(/C(C)=N/NC(=O)C(=O)Nc2ccc(NC(C)=O)cc2)ccc1Oc1ccc([N+](=O)[O-])cc1[N+](=O)[O-]. The van der Waals surface area contributed by atoms with Gasteiger partial charge < -0.3 is 20.1 Å². The molecule has 0 bridgehead atoms. The van der Waals surface area contributed by atoms with Crippen molar-refractivity contribution in [2.75, 3.05) is 17.7 Å². The zero-order valence-electron chi connectivity index (χ0n) is 21.3. The van der Waals surface area contributed by atoms with Crippen molar-refractivity contribution in [2.24, 2.45) is 5.10 Å². The van der Waals surface area contributed by atoms with Crippen molar-refractivity contribution in [3.63, 3.8) is 0 Å². The molecule has 0 aromatic heterocycles. The van der Waals surface area contributed by atoms with Gasteiger partial charge in [0.15, 0.2) is 11.5 Å². The predicted octanol–water partition coefficient (Wildman–Crippen LogP) is 3.74. The molecule has 3 aromatic carbocycles. The molecule has 0 heterocycles. The lowest BCUT2D eigenvalue weighted by Gasteiger charge is -2.12. The minimum absolute atomic E-state index is 0.0731. The molecule has 0 radical (unpaired) electrons. The van der Waals surface area contributed by atoms with E-state index < -0.39 is 33.0 Å². The minimum Gasteiger partial charge on any atom is -0.493 e. The largest absolute Gasteiger partial charge is 0.493 e. The molecule has 3 amide bonds. The number of nitrogens with one attached hydrogen (secondary N) is 3. The van der Waals surface area contributed by atoms with Gasteiger partial charge in [-0.2, -0.15) is 5.10 Å². The van der Waals surface area contributed by atoms with Crippen LogP contribution in [0.1, 0.15) is 19.4 Å². The maximum Gasteiger partial charge on any atom is 0.329 e. The molecular weight excluding hydrogens is 528 g/mol. The van der Waals surface area contributed by atoms with Crippen LogP contribution in [0.3, 0.4) is 0 Å². The van der Waals surface area contributed by atoms with Crippen molar-refractivity contribution in [3.05, 3.63) is 86.5 Å². The van der Waals surface area contributed by atoms with E-state index in [9.17, 15) is 34.6 Å². The first-order chi connectivity index (χ1) is 19.0. The molecule has 3 aromatic rings. The fourth-order valence-electron chi connectivity index (χ4n) is 3.22. The van der Waals surface area contributed by atoms with E-state index in [1.54, 1.807) is 19.1 Å². The summed E-state index contributed by atoms with van der Waals surface area (Å²) < 4.78 is 10.9. The molecule has 0 aliphatic rings. The number of hydrogen-bond acceptors (Lipinski definition) is 10. The fourth-order valence-corrected chi connectivity index (χ4v) is 3.22. The average Bonchev–Trinajstić information content (AvgIpc) is 2.92. The second-order valence-electron chi connectivity index (χ2n) is 7.98. The van der Waals surface area contributed by atoms with Gasteiger partial charge in [0.25, 0.3) is 5.69 Å². The van der Waals surface area contributed by atoms with Gasteiger partial charge in [0.05, 0.1) is 28.7 Å². The molecular formula is C25H22N6O9. The molecule has 0 saturated carbocycles. The van der Waals surface area contributed by atoms with E-state index in [4.69, 9.17) is 9.47 Å². The second kappa shape index (κ2) is 12.6. The number of nitrogens with zero attached hydrogens (tertiary/aromatic N) is 3. The zero-order valence-corrected chi connectivity index (χ0v) is 21.3. The summed E-state index contributed by atoms with van der Waals surface area (Å²) in [6.07, 6.45) is 0. The van der Waals surface area contributed by atoms with E-state index in [2.05, 4.69) is 21.2 Å². The van der Waals surface area contributed by atoms with Crippen molar-refractivity contribution < 1.29 is 33.7 Å². The van der Waals surface area contributed by atoms with Gasteiger partial charge in [0.2, 0.25) is 11.7 Å². The third kappa shape index (κ3) is 7.34. The molecule has 0 saturated heterocycles. The molecule has 3 rings (SSSR count). The summed E-state index contributed by atoms with van der Waals surface area (Å²) in [6.45, 7) is 2.91. The van der Waals surface area contributed by atoms with Crippen LogP contribution in [-0.2, 0) is 14.4 Å². The Bertz CT molecular complexity index is 1520. The quantitative estimate of drug-likeness (QED) is 0.153. The van der Waals surface area contributed by atoms with Crippen LogP contribution in [0.25, 0.3) is 0 Å². The smallest absolute Gasteiger partial charge is 0.329 e. The third-order valence-corrected chi connectivity index (χ3v) is 5.15. The number of nitro benzene ring substituents is 2. The van der Waals surface area contributed by atoms with Gasteiger partial charge >= 0.3 is 17.5 Å². The van der Waals surface area contributed by atoms with Crippen molar-refractivity contribution in [1.82, 2.24) is 5.43 Å². The number of hydrogen-bond donors (Lipinski definition) is 3. The van der Waals surface area contributed by atoms with Gasteiger partial charge in [-0.1, -0.05) is 0 Å². The number of methoxy groups -OCH3 is 1. The summed E-state index contributed by atoms with van der Waals surface area (Å²) in [5.41, 5.74) is 2.65.